The van der Waals surface area contributed by atoms with Crippen molar-refractivity contribution in [2.75, 3.05) is 13.1 Å². The maximum atomic E-state index is 11.6. The van der Waals surface area contributed by atoms with E-state index in [1.807, 2.05) is 45.0 Å². The van der Waals surface area contributed by atoms with Crippen LogP contribution in [0.2, 0.25) is 5.02 Å². The SMILES string of the molecule is CC(C)(C)OC(=O)ON1CC=C(c2ccc(Cl)cc2)CC1. The number of benzene rings is 1. The lowest BCUT2D eigenvalue weighted by molar-refractivity contribution is -0.137. The molecule has 0 bridgehead atoms. The van der Waals surface area contributed by atoms with Crippen LogP contribution in [0, 0.1) is 0 Å². The van der Waals surface area contributed by atoms with Gasteiger partial charge in [-0.15, -0.1) is 5.06 Å². The summed E-state index contributed by atoms with van der Waals surface area (Å²) in [6.45, 7) is 6.62. The van der Waals surface area contributed by atoms with Gasteiger partial charge in [-0.3, -0.25) is 0 Å². The van der Waals surface area contributed by atoms with Gasteiger partial charge in [-0.1, -0.05) is 29.8 Å². The highest BCUT2D eigenvalue weighted by molar-refractivity contribution is 6.30. The molecule has 0 saturated heterocycles. The van der Waals surface area contributed by atoms with Gasteiger partial charge >= 0.3 is 6.16 Å². The highest BCUT2D eigenvalue weighted by atomic mass is 35.5. The maximum Gasteiger partial charge on any atom is 0.528 e. The number of hydroxylamine groups is 2. The fraction of sp³-hybridized carbons (Fsp3) is 0.438. The second kappa shape index (κ2) is 6.50. The van der Waals surface area contributed by atoms with Gasteiger partial charge in [0.05, 0.1) is 6.54 Å². The fourth-order valence-electron chi connectivity index (χ4n) is 2.03. The van der Waals surface area contributed by atoms with E-state index in [1.165, 1.54) is 5.57 Å². The van der Waals surface area contributed by atoms with Crippen LogP contribution < -0.4 is 0 Å². The van der Waals surface area contributed by atoms with Crippen molar-refractivity contribution in [3.63, 3.8) is 0 Å². The van der Waals surface area contributed by atoms with Crippen LogP contribution in [-0.4, -0.2) is 29.9 Å². The van der Waals surface area contributed by atoms with Crippen LogP contribution >= 0.6 is 11.6 Å². The molecular weight excluding hydrogens is 290 g/mol. The van der Waals surface area contributed by atoms with Crippen molar-refractivity contribution in [3.05, 3.63) is 40.9 Å². The van der Waals surface area contributed by atoms with Crippen LogP contribution in [0.5, 0.6) is 0 Å². The molecule has 5 heteroatoms. The van der Waals surface area contributed by atoms with E-state index in [0.29, 0.717) is 13.1 Å². The lowest BCUT2D eigenvalue weighted by Gasteiger charge is -2.26. The molecule has 0 unspecified atom stereocenters. The third-order valence-corrected chi connectivity index (χ3v) is 3.23. The topological polar surface area (TPSA) is 38.8 Å². The molecule has 0 N–H and O–H groups in total. The molecule has 0 fully saturated rings. The zero-order valence-electron chi connectivity index (χ0n) is 12.6. The zero-order chi connectivity index (χ0) is 15.5. The fourth-order valence-corrected chi connectivity index (χ4v) is 2.16. The Bertz CT molecular complexity index is 531. The van der Waals surface area contributed by atoms with E-state index in [2.05, 4.69) is 6.08 Å². The highest BCUT2D eigenvalue weighted by Gasteiger charge is 2.22. The Morgan fingerprint density at radius 1 is 1.24 bits per heavy atom. The van der Waals surface area contributed by atoms with Gasteiger partial charge in [0.1, 0.15) is 5.60 Å². The van der Waals surface area contributed by atoms with E-state index >= 15 is 0 Å². The van der Waals surface area contributed by atoms with E-state index in [4.69, 9.17) is 21.2 Å². The lowest BCUT2D eigenvalue weighted by atomic mass is 10.0. The van der Waals surface area contributed by atoms with E-state index in [0.717, 1.165) is 17.0 Å². The minimum absolute atomic E-state index is 0.544. The standard InChI is InChI=1S/C16H20ClNO3/c1-16(2,3)20-15(19)21-18-10-8-13(9-11-18)12-4-6-14(17)7-5-12/h4-8H,9-11H2,1-3H3. The van der Waals surface area contributed by atoms with Crippen LogP contribution in [0.4, 0.5) is 4.79 Å². The zero-order valence-corrected chi connectivity index (χ0v) is 13.3. The van der Waals surface area contributed by atoms with Crippen LogP contribution in [0.1, 0.15) is 32.8 Å². The average molecular weight is 310 g/mol. The summed E-state index contributed by atoms with van der Waals surface area (Å²) in [6.07, 6.45) is 2.20. The second-order valence-electron chi connectivity index (χ2n) is 5.93. The predicted molar refractivity (Wildman–Crippen MR) is 82.9 cm³/mol. The van der Waals surface area contributed by atoms with Crippen molar-refractivity contribution in [2.24, 2.45) is 0 Å². The van der Waals surface area contributed by atoms with Crippen molar-refractivity contribution in [1.29, 1.82) is 0 Å². The van der Waals surface area contributed by atoms with Gasteiger partial charge in [0.25, 0.3) is 0 Å². The Labute approximate surface area is 130 Å². The molecular formula is C16H20ClNO3. The summed E-state index contributed by atoms with van der Waals surface area (Å²) >= 11 is 5.88. The van der Waals surface area contributed by atoms with E-state index in [1.54, 1.807) is 5.06 Å². The number of carbonyl (C=O) groups is 1. The molecule has 0 amide bonds. The molecule has 1 aromatic rings. The summed E-state index contributed by atoms with van der Waals surface area (Å²) < 4.78 is 5.13. The molecule has 0 saturated carbocycles. The molecule has 1 aliphatic heterocycles. The van der Waals surface area contributed by atoms with Crippen LogP contribution in [-0.2, 0) is 9.57 Å². The first-order valence-electron chi connectivity index (χ1n) is 6.94. The highest BCUT2D eigenvalue weighted by Crippen LogP contribution is 2.24. The second-order valence-corrected chi connectivity index (χ2v) is 6.37. The Morgan fingerprint density at radius 2 is 1.90 bits per heavy atom. The number of halogens is 1. The molecule has 0 radical (unpaired) electrons. The van der Waals surface area contributed by atoms with Crippen LogP contribution in [0.25, 0.3) is 5.57 Å². The Kier molecular flexibility index (Phi) is 4.91. The molecule has 21 heavy (non-hydrogen) atoms. The number of ether oxygens (including phenoxy) is 1. The van der Waals surface area contributed by atoms with E-state index < -0.39 is 11.8 Å². The van der Waals surface area contributed by atoms with Crippen molar-refractivity contribution in [1.82, 2.24) is 5.06 Å². The molecule has 0 aromatic heterocycles. The van der Waals surface area contributed by atoms with Gasteiger partial charge in [0.15, 0.2) is 0 Å². The van der Waals surface area contributed by atoms with Crippen molar-refractivity contribution in [3.8, 4) is 0 Å². The van der Waals surface area contributed by atoms with E-state index in [9.17, 15) is 4.79 Å². The van der Waals surface area contributed by atoms with Crippen LogP contribution in [0.15, 0.2) is 30.3 Å². The van der Waals surface area contributed by atoms with Gasteiger partial charge in [0.2, 0.25) is 0 Å². The molecule has 0 atom stereocenters. The monoisotopic (exact) mass is 309 g/mol. The lowest BCUT2D eigenvalue weighted by Crippen LogP contribution is -2.34. The van der Waals surface area contributed by atoms with Gasteiger partial charge in [-0.2, -0.15) is 0 Å². The van der Waals surface area contributed by atoms with Gasteiger partial charge in [-0.05, 0) is 50.5 Å². The summed E-state index contributed by atoms with van der Waals surface area (Å²) in [7, 11) is 0. The van der Waals surface area contributed by atoms with Crippen molar-refractivity contribution in [2.45, 2.75) is 32.8 Å². The molecule has 114 valence electrons. The maximum absolute atomic E-state index is 11.6. The predicted octanol–water partition coefficient (Wildman–Crippen LogP) is 4.30. The summed E-state index contributed by atoms with van der Waals surface area (Å²) in [4.78, 5) is 16.8. The molecule has 4 nitrogen and oxygen atoms in total. The summed E-state index contributed by atoms with van der Waals surface area (Å²) in [5.41, 5.74) is 1.84. The minimum Gasteiger partial charge on any atom is -0.427 e. The summed E-state index contributed by atoms with van der Waals surface area (Å²) in [6, 6.07) is 7.75. The molecule has 2 rings (SSSR count). The Hall–Kier alpha value is -1.52. The van der Waals surface area contributed by atoms with Crippen molar-refractivity contribution < 1.29 is 14.4 Å². The first-order valence-corrected chi connectivity index (χ1v) is 7.32. The number of carbonyl (C=O) groups excluding carboxylic acids is 1. The summed E-state index contributed by atoms with van der Waals surface area (Å²) in [5.74, 6) is 0. The smallest absolute Gasteiger partial charge is 0.427 e. The van der Waals surface area contributed by atoms with Gasteiger partial charge in [0, 0.05) is 11.6 Å². The molecule has 0 aliphatic carbocycles. The Balaban J connectivity index is 1.90. The third-order valence-electron chi connectivity index (χ3n) is 2.98. The number of nitrogens with zero attached hydrogens (tertiary/aromatic N) is 1. The number of rotatable bonds is 2. The minimum atomic E-state index is -0.661. The molecule has 1 aromatic carbocycles. The summed E-state index contributed by atoms with van der Waals surface area (Å²) in [5, 5.41) is 2.33. The van der Waals surface area contributed by atoms with Crippen molar-refractivity contribution >= 4 is 23.3 Å². The quantitative estimate of drug-likeness (QED) is 0.764. The first kappa shape index (κ1) is 15.9. The average Bonchev–Trinajstić information content (AvgIpc) is 2.38. The third kappa shape index (κ3) is 5.06. The number of hydrogen-bond donors (Lipinski definition) is 0. The normalized spacial score (nSPS) is 16.3. The molecule has 1 heterocycles. The van der Waals surface area contributed by atoms with Gasteiger partial charge in [-0.25, -0.2) is 4.79 Å². The largest absolute Gasteiger partial charge is 0.528 e. The molecule has 0 spiro atoms. The number of hydrogen-bond acceptors (Lipinski definition) is 4. The van der Waals surface area contributed by atoms with Gasteiger partial charge < -0.3 is 9.57 Å². The van der Waals surface area contributed by atoms with E-state index in [-0.39, 0.29) is 0 Å². The Morgan fingerprint density at radius 3 is 2.43 bits per heavy atom. The molecule has 1 aliphatic rings. The van der Waals surface area contributed by atoms with Crippen LogP contribution in [0.3, 0.4) is 0 Å². The first-order chi connectivity index (χ1) is 9.83.